The van der Waals surface area contributed by atoms with Crippen LogP contribution in [0.5, 0.6) is 0 Å². The topological polar surface area (TPSA) is 32.3 Å². The molecule has 0 aromatic carbocycles. The Labute approximate surface area is 196 Å². The minimum Gasteiger partial charge on any atom is -0.338 e. The van der Waals surface area contributed by atoms with Crippen LogP contribution in [0, 0.1) is 0 Å². The molecule has 3 nitrogen and oxygen atoms in total. The summed E-state index contributed by atoms with van der Waals surface area (Å²) in [6.07, 6.45) is 27.4. The first-order valence-electron chi connectivity index (χ1n) is 14.3. The van der Waals surface area contributed by atoms with Gasteiger partial charge in [-0.05, 0) is 19.3 Å². The minimum atomic E-state index is 0.182. The van der Waals surface area contributed by atoms with Gasteiger partial charge < -0.3 is 10.2 Å². The van der Waals surface area contributed by atoms with Gasteiger partial charge in [-0.1, -0.05) is 136 Å². The van der Waals surface area contributed by atoms with Crippen molar-refractivity contribution >= 4 is 6.03 Å². The fraction of sp³-hybridized carbons (Fsp3) is 0.964. The van der Waals surface area contributed by atoms with E-state index in [1.807, 2.05) is 0 Å². The molecule has 0 aromatic rings. The van der Waals surface area contributed by atoms with Crippen LogP contribution in [0.25, 0.3) is 0 Å². The van der Waals surface area contributed by atoms with Crippen molar-refractivity contribution in [2.75, 3.05) is 19.6 Å². The number of unbranched alkanes of at least 4 members (excludes halogenated alkanes) is 18. The van der Waals surface area contributed by atoms with Crippen LogP contribution in [0.1, 0.15) is 156 Å². The van der Waals surface area contributed by atoms with E-state index in [9.17, 15) is 4.79 Å². The molecule has 0 aromatic heterocycles. The number of hydrogen-bond donors (Lipinski definition) is 1. The summed E-state index contributed by atoms with van der Waals surface area (Å²) in [5, 5.41) is 3.21. The van der Waals surface area contributed by atoms with Crippen LogP contribution in [0.15, 0.2) is 0 Å². The van der Waals surface area contributed by atoms with Crippen LogP contribution in [-0.4, -0.2) is 30.6 Å². The number of carbonyl (C=O) groups excluding carboxylic acids is 1. The van der Waals surface area contributed by atoms with Crippen LogP contribution in [0.4, 0.5) is 4.79 Å². The molecule has 3 heteroatoms. The zero-order valence-electron chi connectivity index (χ0n) is 21.8. The number of urea groups is 1. The lowest BCUT2D eigenvalue weighted by Gasteiger charge is -2.23. The maximum Gasteiger partial charge on any atom is 0.317 e. The van der Waals surface area contributed by atoms with Crippen LogP contribution < -0.4 is 5.32 Å². The monoisotopic (exact) mass is 438 g/mol. The zero-order valence-corrected chi connectivity index (χ0v) is 21.8. The first-order chi connectivity index (χ1) is 15.3. The molecule has 0 atom stereocenters. The molecule has 0 rings (SSSR count). The number of carbonyl (C=O) groups is 1. The maximum atomic E-state index is 12.7. The molecular formula is C28H58N2O. The van der Waals surface area contributed by atoms with Gasteiger partial charge in [0.05, 0.1) is 0 Å². The van der Waals surface area contributed by atoms with Crippen molar-refractivity contribution in [2.24, 2.45) is 0 Å². The molecule has 0 saturated heterocycles. The maximum absolute atomic E-state index is 12.7. The summed E-state index contributed by atoms with van der Waals surface area (Å²) < 4.78 is 0. The predicted molar refractivity (Wildman–Crippen MR) is 139 cm³/mol. The van der Waals surface area contributed by atoms with E-state index in [4.69, 9.17) is 0 Å². The van der Waals surface area contributed by atoms with Crippen molar-refractivity contribution in [3.63, 3.8) is 0 Å². The third-order valence-electron chi connectivity index (χ3n) is 6.41. The van der Waals surface area contributed by atoms with E-state index in [1.54, 1.807) is 0 Å². The Hall–Kier alpha value is -0.730. The van der Waals surface area contributed by atoms with Gasteiger partial charge >= 0.3 is 6.03 Å². The molecular weight excluding hydrogens is 380 g/mol. The predicted octanol–water partition coefficient (Wildman–Crippen LogP) is 9.25. The molecule has 0 unspecified atom stereocenters. The average molecular weight is 439 g/mol. The number of rotatable bonds is 24. The molecule has 0 aliphatic carbocycles. The van der Waals surface area contributed by atoms with Gasteiger partial charge in [0.25, 0.3) is 0 Å². The molecule has 0 aliphatic rings. The second-order valence-corrected chi connectivity index (χ2v) is 9.58. The van der Waals surface area contributed by atoms with E-state index < -0.39 is 0 Å². The SMILES string of the molecule is CCCCCCCCCCCNC(=O)N(CCCCCCCC)CCCCCCCC. The van der Waals surface area contributed by atoms with Gasteiger partial charge in [0, 0.05) is 19.6 Å². The lowest BCUT2D eigenvalue weighted by Crippen LogP contribution is -2.41. The zero-order chi connectivity index (χ0) is 22.8. The summed E-state index contributed by atoms with van der Waals surface area (Å²) in [6, 6.07) is 0.182. The first kappa shape index (κ1) is 30.3. The second-order valence-electron chi connectivity index (χ2n) is 9.58. The van der Waals surface area contributed by atoms with E-state index >= 15 is 0 Å². The minimum absolute atomic E-state index is 0.182. The molecule has 0 bridgehead atoms. The van der Waals surface area contributed by atoms with E-state index in [1.165, 1.54) is 116 Å². The van der Waals surface area contributed by atoms with Crippen molar-refractivity contribution in [2.45, 2.75) is 156 Å². The molecule has 0 radical (unpaired) electrons. The van der Waals surface area contributed by atoms with Crippen LogP contribution in [0.3, 0.4) is 0 Å². The van der Waals surface area contributed by atoms with Gasteiger partial charge in [0.15, 0.2) is 0 Å². The lowest BCUT2D eigenvalue weighted by molar-refractivity contribution is 0.195. The fourth-order valence-corrected chi connectivity index (χ4v) is 4.22. The Bertz CT molecular complexity index is 343. The Kier molecular flexibility index (Phi) is 24.9. The van der Waals surface area contributed by atoms with Crippen molar-refractivity contribution in [3.8, 4) is 0 Å². The Morgan fingerprint density at radius 3 is 1.19 bits per heavy atom. The second kappa shape index (κ2) is 25.5. The number of nitrogens with one attached hydrogen (secondary N) is 1. The van der Waals surface area contributed by atoms with Crippen molar-refractivity contribution in [1.29, 1.82) is 0 Å². The molecule has 0 fully saturated rings. The van der Waals surface area contributed by atoms with Gasteiger partial charge in [0.2, 0.25) is 0 Å². The third-order valence-corrected chi connectivity index (χ3v) is 6.41. The van der Waals surface area contributed by atoms with E-state index in [0.717, 1.165) is 38.9 Å². The number of amides is 2. The molecule has 0 saturated carbocycles. The highest BCUT2D eigenvalue weighted by Gasteiger charge is 2.12. The molecule has 1 N–H and O–H groups in total. The third kappa shape index (κ3) is 22.3. The van der Waals surface area contributed by atoms with Gasteiger partial charge in [0.1, 0.15) is 0 Å². The summed E-state index contributed by atoms with van der Waals surface area (Å²) in [6.45, 7) is 9.52. The molecule has 2 amide bonds. The lowest BCUT2D eigenvalue weighted by atomic mass is 10.1. The van der Waals surface area contributed by atoms with Crippen molar-refractivity contribution in [3.05, 3.63) is 0 Å². The normalized spacial score (nSPS) is 11.1. The molecule has 0 spiro atoms. The summed E-state index contributed by atoms with van der Waals surface area (Å²) in [7, 11) is 0. The summed E-state index contributed by atoms with van der Waals surface area (Å²) in [5.41, 5.74) is 0. The fourth-order valence-electron chi connectivity index (χ4n) is 4.22. The van der Waals surface area contributed by atoms with E-state index in [2.05, 4.69) is 31.0 Å². The molecule has 0 aliphatic heterocycles. The largest absolute Gasteiger partial charge is 0.338 e. The molecule has 0 heterocycles. The average Bonchev–Trinajstić information content (AvgIpc) is 2.78. The van der Waals surface area contributed by atoms with Crippen LogP contribution in [0.2, 0.25) is 0 Å². The van der Waals surface area contributed by atoms with Gasteiger partial charge in [-0.25, -0.2) is 4.79 Å². The van der Waals surface area contributed by atoms with Gasteiger partial charge in [-0.2, -0.15) is 0 Å². The highest BCUT2D eigenvalue weighted by Crippen LogP contribution is 2.11. The Balaban J connectivity index is 3.95. The smallest absolute Gasteiger partial charge is 0.317 e. The highest BCUT2D eigenvalue weighted by atomic mass is 16.2. The Morgan fingerprint density at radius 1 is 0.484 bits per heavy atom. The molecule has 31 heavy (non-hydrogen) atoms. The standard InChI is InChI=1S/C28H58N2O/c1-4-7-10-13-16-17-18-19-22-25-29-28(31)30(26-23-20-14-11-8-5-2)27-24-21-15-12-9-6-3/h4-27H2,1-3H3,(H,29,31). The highest BCUT2D eigenvalue weighted by molar-refractivity contribution is 5.74. The van der Waals surface area contributed by atoms with E-state index in [-0.39, 0.29) is 6.03 Å². The van der Waals surface area contributed by atoms with Gasteiger partial charge in [-0.15, -0.1) is 0 Å². The van der Waals surface area contributed by atoms with Crippen molar-refractivity contribution in [1.82, 2.24) is 10.2 Å². The Morgan fingerprint density at radius 2 is 0.806 bits per heavy atom. The van der Waals surface area contributed by atoms with Crippen LogP contribution >= 0.6 is 0 Å². The van der Waals surface area contributed by atoms with E-state index in [0.29, 0.717) is 0 Å². The van der Waals surface area contributed by atoms with Crippen LogP contribution in [-0.2, 0) is 0 Å². The summed E-state index contributed by atoms with van der Waals surface area (Å²) >= 11 is 0. The van der Waals surface area contributed by atoms with Gasteiger partial charge in [-0.3, -0.25) is 0 Å². The molecule has 186 valence electrons. The van der Waals surface area contributed by atoms with Crippen molar-refractivity contribution < 1.29 is 4.79 Å². The first-order valence-corrected chi connectivity index (χ1v) is 14.3. The number of nitrogens with zero attached hydrogens (tertiary/aromatic N) is 1. The summed E-state index contributed by atoms with van der Waals surface area (Å²) in [4.78, 5) is 14.8. The quantitative estimate of drug-likeness (QED) is 0.150. The summed E-state index contributed by atoms with van der Waals surface area (Å²) in [5.74, 6) is 0. The number of hydrogen-bond acceptors (Lipinski definition) is 1.